The smallest absolute Gasteiger partial charge is 0.326 e. The fourth-order valence-electron chi connectivity index (χ4n) is 2.99. The first-order chi connectivity index (χ1) is 9.38. The molecule has 1 saturated carbocycles. The summed E-state index contributed by atoms with van der Waals surface area (Å²) in [6.07, 6.45) is 6.28. The van der Waals surface area contributed by atoms with Crippen LogP contribution in [0.3, 0.4) is 0 Å². The van der Waals surface area contributed by atoms with Crippen molar-refractivity contribution in [3.05, 3.63) is 0 Å². The van der Waals surface area contributed by atoms with E-state index in [1.165, 1.54) is 6.42 Å². The Morgan fingerprint density at radius 2 is 1.80 bits per heavy atom. The molecule has 0 aromatic heterocycles. The van der Waals surface area contributed by atoms with Crippen LogP contribution in [0.2, 0.25) is 0 Å². The lowest BCUT2D eigenvalue weighted by atomic mass is 9.79. The third-order valence-electron chi connectivity index (χ3n) is 4.18. The van der Waals surface area contributed by atoms with Gasteiger partial charge in [0, 0.05) is 12.0 Å². The maximum atomic E-state index is 12.2. The number of carboxylic acids is 1. The number of hydrogen-bond acceptors (Lipinski definition) is 3. The third-order valence-corrected chi connectivity index (χ3v) is 4.18. The van der Waals surface area contributed by atoms with E-state index in [-0.39, 0.29) is 17.4 Å². The standard InChI is InChI=1S/C15H28N2O3/c1-11(2)9-12(14(19)20)17-13(18)10-15(16-3)7-5-4-6-8-15/h11-12,16H,4-10H2,1-3H3,(H,17,18)(H,19,20)/t12-/m0/s1. The SMILES string of the molecule is CNC1(CC(=O)N[C@@H](CC(C)C)C(=O)O)CCCCC1. The zero-order chi connectivity index (χ0) is 15.2. The van der Waals surface area contributed by atoms with Crippen molar-refractivity contribution in [2.45, 2.75) is 70.4 Å². The van der Waals surface area contributed by atoms with Gasteiger partial charge >= 0.3 is 5.97 Å². The monoisotopic (exact) mass is 284 g/mol. The molecule has 5 nitrogen and oxygen atoms in total. The van der Waals surface area contributed by atoms with Crippen LogP contribution in [0.15, 0.2) is 0 Å². The lowest BCUT2D eigenvalue weighted by Gasteiger charge is -2.37. The van der Waals surface area contributed by atoms with Gasteiger partial charge in [0.2, 0.25) is 5.91 Å². The van der Waals surface area contributed by atoms with E-state index in [0.717, 1.165) is 25.7 Å². The summed E-state index contributed by atoms with van der Waals surface area (Å²) in [5, 5.41) is 15.1. The van der Waals surface area contributed by atoms with E-state index in [2.05, 4.69) is 10.6 Å². The number of amides is 1. The first-order valence-corrected chi connectivity index (χ1v) is 7.59. The van der Waals surface area contributed by atoms with Gasteiger partial charge in [-0.3, -0.25) is 4.79 Å². The normalized spacial score (nSPS) is 19.6. The minimum absolute atomic E-state index is 0.150. The van der Waals surface area contributed by atoms with Crippen LogP contribution < -0.4 is 10.6 Å². The Bertz CT molecular complexity index is 336. The zero-order valence-corrected chi connectivity index (χ0v) is 12.9. The highest BCUT2D eigenvalue weighted by Crippen LogP contribution is 2.30. The largest absolute Gasteiger partial charge is 0.480 e. The highest BCUT2D eigenvalue weighted by atomic mass is 16.4. The number of carboxylic acid groups (broad SMARTS) is 1. The third kappa shape index (κ3) is 5.12. The van der Waals surface area contributed by atoms with Crippen molar-refractivity contribution in [2.24, 2.45) is 5.92 Å². The highest BCUT2D eigenvalue weighted by Gasteiger charge is 2.33. The lowest BCUT2D eigenvalue weighted by molar-refractivity contribution is -0.142. The second-order valence-electron chi connectivity index (χ2n) is 6.36. The van der Waals surface area contributed by atoms with E-state index in [1.807, 2.05) is 20.9 Å². The Hall–Kier alpha value is -1.10. The fourth-order valence-corrected chi connectivity index (χ4v) is 2.99. The van der Waals surface area contributed by atoms with Crippen molar-refractivity contribution in [1.82, 2.24) is 10.6 Å². The molecule has 0 bridgehead atoms. The molecule has 20 heavy (non-hydrogen) atoms. The van der Waals surface area contributed by atoms with Gasteiger partial charge < -0.3 is 15.7 Å². The minimum Gasteiger partial charge on any atom is -0.480 e. The van der Waals surface area contributed by atoms with Crippen molar-refractivity contribution in [3.63, 3.8) is 0 Å². The predicted molar refractivity (Wildman–Crippen MR) is 78.5 cm³/mol. The molecular formula is C15H28N2O3. The number of hydrogen-bond donors (Lipinski definition) is 3. The molecule has 0 heterocycles. The van der Waals surface area contributed by atoms with Gasteiger partial charge in [0.1, 0.15) is 6.04 Å². The second-order valence-corrected chi connectivity index (χ2v) is 6.36. The Labute approximate surface area is 121 Å². The molecule has 0 spiro atoms. The van der Waals surface area contributed by atoms with Gasteiger partial charge in [-0.25, -0.2) is 4.79 Å². The summed E-state index contributed by atoms with van der Waals surface area (Å²) >= 11 is 0. The maximum absolute atomic E-state index is 12.2. The van der Waals surface area contributed by atoms with Crippen LogP contribution in [0.5, 0.6) is 0 Å². The molecule has 3 N–H and O–H groups in total. The van der Waals surface area contributed by atoms with E-state index in [1.54, 1.807) is 0 Å². The van der Waals surface area contributed by atoms with Crippen LogP contribution in [0, 0.1) is 5.92 Å². The summed E-state index contributed by atoms with van der Waals surface area (Å²) < 4.78 is 0. The minimum atomic E-state index is -0.950. The van der Waals surface area contributed by atoms with Crippen LogP contribution in [0.25, 0.3) is 0 Å². The summed E-state index contributed by atoms with van der Waals surface area (Å²) in [7, 11) is 1.89. The molecule has 5 heteroatoms. The van der Waals surface area contributed by atoms with E-state index in [0.29, 0.717) is 12.8 Å². The molecule has 1 atom stereocenters. The quantitative estimate of drug-likeness (QED) is 0.667. The van der Waals surface area contributed by atoms with E-state index in [9.17, 15) is 9.59 Å². The second kappa shape index (κ2) is 7.62. The fraction of sp³-hybridized carbons (Fsp3) is 0.867. The number of carbonyl (C=O) groups excluding carboxylic acids is 1. The summed E-state index contributed by atoms with van der Waals surface area (Å²) in [5.41, 5.74) is -0.150. The van der Waals surface area contributed by atoms with Crippen molar-refractivity contribution >= 4 is 11.9 Å². The number of carbonyl (C=O) groups is 2. The zero-order valence-electron chi connectivity index (χ0n) is 12.9. The van der Waals surface area contributed by atoms with Crippen molar-refractivity contribution in [1.29, 1.82) is 0 Å². The number of aliphatic carboxylic acids is 1. The molecule has 1 aliphatic carbocycles. The van der Waals surface area contributed by atoms with Crippen LogP contribution in [-0.2, 0) is 9.59 Å². The Balaban J connectivity index is 2.57. The molecule has 0 aromatic carbocycles. The summed E-state index contributed by atoms with van der Waals surface area (Å²) in [6.45, 7) is 3.91. The van der Waals surface area contributed by atoms with Gasteiger partial charge in [-0.15, -0.1) is 0 Å². The summed E-state index contributed by atoms with van der Waals surface area (Å²) in [4.78, 5) is 23.3. The van der Waals surface area contributed by atoms with Crippen molar-refractivity contribution in [2.75, 3.05) is 7.05 Å². The Morgan fingerprint density at radius 1 is 1.20 bits per heavy atom. The first kappa shape index (κ1) is 17.0. The highest BCUT2D eigenvalue weighted by molar-refractivity contribution is 5.84. The van der Waals surface area contributed by atoms with Gasteiger partial charge in [0.05, 0.1) is 0 Å². The van der Waals surface area contributed by atoms with E-state index in [4.69, 9.17) is 5.11 Å². The van der Waals surface area contributed by atoms with Crippen LogP contribution in [0.1, 0.15) is 58.8 Å². The van der Waals surface area contributed by atoms with E-state index >= 15 is 0 Å². The molecule has 0 saturated heterocycles. The summed E-state index contributed by atoms with van der Waals surface area (Å²) in [6, 6.07) is -0.778. The first-order valence-electron chi connectivity index (χ1n) is 7.59. The Kier molecular flexibility index (Phi) is 6.46. The van der Waals surface area contributed by atoms with Gasteiger partial charge in [-0.2, -0.15) is 0 Å². The molecular weight excluding hydrogens is 256 g/mol. The lowest BCUT2D eigenvalue weighted by Crippen LogP contribution is -2.50. The number of rotatable bonds is 7. The van der Waals surface area contributed by atoms with Gasteiger partial charge in [0.25, 0.3) is 0 Å². The Morgan fingerprint density at radius 3 is 2.25 bits per heavy atom. The molecule has 0 radical (unpaired) electrons. The van der Waals surface area contributed by atoms with Crippen LogP contribution >= 0.6 is 0 Å². The average molecular weight is 284 g/mol. The van der Waals surface area contributed by atoms with E-state index < -0.39 is 12.0 Å². The maximum Gasteiger partial charge on any atom is 0.326 e. The number of nitrogens with one attached hydrogen (secondary N) is 2. The van der Waals surface area contributed by atoms with Gasteiger partial charge in [0.15, 0.2) is 0 Å². The van der Waals surface area contributed by atoms with Gasteiger partial charge in [-0.1, -0.05) is 33.1 Å². The average Bonchev–Trinajstić information content (AvgIpc) is 2.38. The summed E-state index contributed by atoms with van der Waals surface area (Å²) in [5.74, 6) is -0.868. The molecule has 0 aromatic rings. The van der Waals surface area contributed by atoms with Gasteiger partial charge in [-0.05, 0) is 32.2 Å². The molecule has 0 aliphatic heterocycles. The van der Waals surface area contributed by atoms with Crippen LogP contribution in [0.4, 0.5) is 0 Å². The molecule has 116 valence electrons. The molecule has 1 fully saturated rings. The van der Waals surface area contributed by atoms with Crippen molar-refractivity contribution < 1.29 is 14.7 Å². The molecule has 1 rings (SSSR count). The topological polar surface area (TPSA) is 78.4 Å². The van der Waals surface area contributed by atoms with Crippen molar-refractivity contribution in [3.8, 4) is 0 Å². The predicted octanol–water partition coefficient (Wildman–Crippen LogP) is 1.91. The molecule has 0 unspecified atom stereocenters. The molecule has 1 aliphatic rings. The molecule has 1 amide bonds. The van der Waals surface area contributed by atoms with Crippen LogP contribution in [-0.4, -0.2) is 35.6 Å².